The lowest BCUT2D eigenvalue weighted by molar-refractivity contribution is -0.227. The summed E-state index contributed by atoms with van der Waals surface area (Å²) in [6.45, 7) is 1.65. The van der Waals surface area contributed by atoms with E-state index in [2.05, 4.69) is 12.1 Å². The topological polar surface area (TPSA) is 46.2 Å². The zero-order valence-corrected chi connectivity index (χ0v) is 14.9. The van der Waals surface area contributed by atoms with E-state index < -0.39 is 0 Å². The van der Waals surface area contributed by atoms with Gasteiger partial charge in [0.25, 0.3) is 0 Å². The van der Waals surface area contributed by atoms with Crippen LogP contribution in [0.2, 0.25) is 0 Å². The Morgan fingerprint density at radius 3 is 2.42 bits per heavy atom. The maximum atomic E-state index is 6.18. The van der Waals surface area contributed by atoms with Crippen molar-refractivity contribution in [2.24, 2.45) is 0 Å². The van der Waals surface area contributed by atoms with E-state index in [0.717, 1.165) is 23.3 Å². The van der Waals surface area contributed by atoms with Crippen molar-refractivity contribution in [2.45, 2.75) is 44.2 Å². The largest absolute Gasteiger partial charge is 0.497 e. The van der Waals surface area contributed by atoms with E-state index in [4.69, 9.17) is 23.7 Å². The number of hydrogen-bond donors (Lipinski definition) is 0. The van der Waals surface area contributed by atoms with Crippen molar-refractivity contribution < 1.29 is 23.7 Å². The Hall–Kier alpha value is -1.92. The number of ether oxygens (including phenoxy) is 5. The van der Waals surface area contributed by atoms with Gasteiger partial charge in [0.1, 0.15) is 11.9 Å². The molecule has 2 aromatic carbocycles. The Balaban J connectivity index is 1.38. The number of rotatable bonds is 7. The Morgan fingerprint density at radius 2 is 1.65 bits per heavy atom. The zero-order chi connectivity index (χ0) is 17.8. The summed E-state index contributed by atoms with van der Waals surface area (Å²) in [6, 6.07) is 18.0. The maximum Gasteiger partial charge on any atom is 0.186 e. The van der Waals surface area contributed by atoms with Crippen LogP contribution in [-0.2, 0) is 32.2 Å². The fourth-order valence-electron chi connectivity index (χ4n) is 3.38. The Morgan fingerprint density at radius 1 is 0.923 bits per heavy atom. The first kappa shape index (κ1) is 17.5. The van der Waals surface area contributed by atoms with Crippen LogP contribution in [-0.4, -0.2) is 38.3 Å². The molecule has 2 aliphatic rings. The maximum absolute atomic E-state index is 6.18. The molecule has 26 heavy (non-hydrogen) atoms. The molecule has 5 heteroatoms. The number of fused-ring (bicyclic) bond motifs is 2. The third kappa shape index (κ3) is 4.07. The normalized spacial score (nSPS) is 27.4. The Bertz CT molecular complexity index is 687. The van der Waals surface area contributed by atoms with Gasteiger partial charge in [0.2, 0.25) is 0 Å². The minimum absolute atomic E-state index is 0.0419. The highest BCUT2D eigenvalue weighted by Gasteiger charge is 2.45. The second kappa shape index (κ2) is 8.18. The molecule has 4 atom stereocenters. The van der Waals surface area contributed by atoms with Crippen molar-refractivity contribution in [3.05, 3.63) is 65.7 Å². The molecule has 0 amide bonds. The molecular formula is C21H24O5. The molecule has 5 nitrogen and oxygen atoms in total. The molecule has 0 spiro atoms. The SMILES string of the molecule is COc1ccc(COC2[C@@H]3OCC(C[C@H]2OCc2ccccc2)O3)cc1. The quantitative estimate of drug-likeness (QED) is 0.762. The van der Waals surface area contributed by atoms with E-state index in [9.17, 15) is 0 Å². The predicted molar refractivity (Wildman–Crippen MR) is 95.8 cm³/mol. The minimum Gasteiger partial charge on any atom is -0.497 e. The number of hydrogen-bond acceptors (Lipinski definition) is 5. The van der Waals surface area contributed by atoms with Gasteiger partial charge in [-0.25, -0.2) is 0 Å². The van der Waals surface area contributed by atoms with Crippen LogP contribution >= 0.6 is 0 Å². The van der Waals surface area contributed by atoms with E-state index in [-0.39, 0.29) is 24.6 Å². The summed E-state index contributed by atoms with van der Waals surface area (Å²) in [6.07, 6.45) is 0.255. The number of benzene rings is 2. The monoisotopic (exact) mass is 356 g/mol. The summed E-state index contributed by atoms with van der Waals surface area (Å²) in [5, 5.41) is 0. The molecule has 0 N–H and O–H groups in total. The average molecular weight is 356 g/mol. The van der Waals surface area contributed by atoms with Gasteiger partial charge >= 0.3 is 0 Å². The first-order valence-electron chi connectivity index (χ1n) is 8.99. The van der Waals surface area contributed by atoms with E-state index in [1.165, 1.54) is 0 Å². The molecule has 138 valence electrons. The van der Waals surface area contributed by atoms with Crippen LogP contribution in [0.3, 0.4) is 0 Å². The van der Waals surface area contributed by atoms with Crippen LogP contribution in [0, 0.1) is 0 Å². The van der Waals surface area contributed by atoms with Gasteiger partial charge in [-0.1, -0.05) is 42.5 Å². The van der Waals surface area contributed by atoms with E-state index in [0.29, 0.717) is 19.8 Å². The Kier molecular flexibility index (Phi) is 5.51. The summed E-state index contributed by atoms with van der Waals surface area (Å²) < 4.78 is 29.2. The lowest BCUT2D eigenvalue weighted by Gasteiger charge is -2.35. The predicted octanol–water partition coefficient (Wildman–Crippen LogP) is 3.31. The van der Waals surface area contributed by atoms with Gasteiger partial charge in [0, 0.05) is 6.42 Å². The molecule has 0 saturated carbocycles. The molecule has 2 unspecified atom stereocenters. The summed E-state index contributed by atoms with van der Waals surface area (Å²) in [7, 11) is 1.66. The molecule has 0 radical (unpaired) electrons. The van der Waals surface area contributed by atoms with Crippen LogP contribution < -0.4 is 4.74 Å². The molecule has 2 aliphatic heterocycles. The van der Waals surface area contributed by atoms with Gasteiger partial charge in [-0.2, -0.15) is 0 Å². The van der Waals surface area contributed by atoms with Crippen molar-refractivity contribution in [1.82, 2.24) is 0 Å². The van der Waals surface area contributed by atoms with Crippen LogP contribution in [0.1, 0.15) is 17.5 Å². The second-order valence-electron chi connectivity index (χ2n) is 6.65. The van der Waals surface area contributed by atoms with Crippen LogP contribution in [0.15, 0.2) is 54.6 Å². The van der Waals surface area contributed by atoms with E-state index in [1.807, 2.05) is 42.5 Å². The Labute approximate surface area is 153 Å². The van der Waals surface area contributed by atoms with Crippen LogP contribution in [0.25, 0.3) is 0 Å². The lowest BCUT2D eigenvalue weighted by Crippen LogP contribution is -2.46. The summed E-state index contributed by atoms with van der Waals surface area (Å²) >= 11 is 0. The van der Waals surface area contributed by atoms with Gasteiger partial charge in [0.15, 0.2) is 6.29 Å². The molecule has 0 aliphatic carbocycles. The standard InChI is InChI=1S/C21H24O5/c1-22-17-9-7-16(8-10-17)13-24-20-19(11-18-14-25-21(20)26-18)23-12-15-5-3-2-4-6-15/h2-10,18-21H,11-14H2,1H3/t18?,19-,20?,21-/m1/s1. The fraction of sp³-hybridized carbons (Fsp3) is 0.429. The van der Waals surface area contributed by atoms with Crippen LogP contribution in [0.5, 0.6) is 5.75 Å². The molecule has 4 rings (SSSR count). The molecule has 2 heterocycles. The average Bonchev–Trinajstić information content (AvgIpc) is 3.09. The van der Waals surface area contributed by atoms with Gasteiger partial charge in [0.05, 0.1) is 39.1 Å². The summed E-state index contributed by atoms with van der Waals surface area (Å²) in [4.78, 5) is 0. The molecule has 2 aromatic rings. The number of methoxy groups -OCH3 is 1. The molecule has 0 aromatic heterocycles. The highest BCUT2D eigenvalue weighted by molar-refractivity contribution is 5.26. The van der Waals surface area contributed by atoms with Gasteiger partial charge in [-0.05, 0) is 23.3 Å². The van der Waals surface area contributed by atoms with Crippen molar-refractivity contribution in [3.63, 3.8) is 0 Å². The first-order valence-corrected chi connectivity index (χ1v) is 8.99. The van der Waals surface area contributed by atoms with Crippen molar-refractivity contribution in [1.29, 1.82) is 0 Å². The molecule has 2 bridgehead atoms. The van der Waals surface area contributed by atoms with Gasteiger partial charge in [-0.3, -0.25) is 0 Å². The van der Waals surface area contributed by atoms with Crippen molar-refractivity contribution in [3.8, 4) is 5.75 Å². The molecular weight excluding hydrogens is 332 g/mol. The summed E-state index contributed by atoms with van der Waals surface area (Å²) in [5.41, 5.74) is 2.23. The molecule has 2 fully saturated rings. The second-order valence-corrected chi connectivity index (χ2v) is 6.65. The minimum atomic E-state index is -0.354. The lowest BCUT2D eigenvalue weighted by atomic mass is 10.0. The highest BCUT2D eigenvalue weighted by atomic mass is 16.7. The third-order valence-electron chi connectivity index (χ3n) is 4.81. The first-order chi connectivity index (χ1) is 12.8. The van der Waals surface area contributed by atoms with Crippen molar-refractivity contribution in [2.75, 3.05) is 13.7 Å². The summed E-state index contributed by atoms with van der Waals surface area (Å²) in [5.74, 6) is 0.834. The third-order valence-corrected chi connectivity index (χ3v) is 4.81. The van der Waals surface area contributed by atoms with Crippen LogP contribution in [0.4, 0.5) is 0 Å². The van der Waals surface area contributed by atoms with Gasteiger partial charge in [-0.15, -0.1) is 0 Å². The van der Waals surface area contributed by atoms with E-state index >= 15 is 0 Å². The fourth-order valence-corrected chi connectivity index (χ4v) is 3.38. The van der Waals surface area contributed by atoms with Gasteiger partial charge < -0.3 is 23.7 Å². The highest BCUT2D eigenvalue weighted by Crippen LogP contribution is 2.32. The van der Waals surface area contributed by atoms with Crippen molar-refractivity contribution >= 4 is 0 Å². The molecule has 2 saturated heterocycles. The zero-order valence-electron chi connectivity index (χ0n) is 14.9. The van der Waals surface area contributed by atoms with E-state index in [1.54, 1.807) is 7.11 Å². The smallest absolute Gasteiger partial charge is 0.186 e.